The molecule has 1 aliphatic rings. The van der Waals surface area contributed by atoms with Gasteiger partial charge < -0.3 is 0 Å². The molecule has 0 bridgehead atoms. The number of halogens is 1. The quantitative estimate of drug-likeness (QED) is 0.216. The summed E-state index contributed by atoms with van der Waals surface area (Å²) in [5, 5.41) is 0. The second-order valence-corrected chi connectivity index (χ2v) is 9.71. The van der Waals surface area contributed by atoms with Crippen LogP contribution in [0.2, 0.25) is 0 Å². The van der Waals surface area contributed by atoms with E-state index < -0.39 is 0 Å². The summed E-state index contributed by atoms with van der Waals surface area (Å²) in [7, 11) is 0. The van der Waals surface area contributed by atoms with Gasteiger partial charge in [0, 0.05) is 11.5 Å². The third-order valence-electron chi connectivity index (χ3n) is 7.23. The van der Waals surface area contributed by atoms with E-state index >= 15 is 4.39 Å². The van der Waals surface area contributed by atoms with Crippen molar-refractivity contribution in [2.24, 2.45) is 0 Å². The molecule has 1 aromatic heterocycles. The molecule has 3 aromatic carbocycles. The fourth-order valence-corrected chi connectivity index (χ4v) is 5.55. The number of nitrogens with zero attached hydrogens (tertiary/aromatic N) is 2. The smallest absolute Gasteiger partial charge is 0.234 e. The second-order valence-electron chi connectivity index (χ2n) is 9.71. The number of imidazole rings is 1. The molecule has 0 atom stereocenters. The minimum absolute atomic E-state index is 0.0518. The van der Waals surface area contributed by atoms with Gasteiger partial charge in [0.25, 0.3) is 0 Å². The van der Waals surface area contributed by atoms with Gasteiger partial charge in [-0.1, -0.05) is 86.0 Å². The molecular weight excluding hydrogens is 419 g/mol. The highest BCUT2D eigenvalue weighted by Crippen LogP contribution is 2.37. The molecule has 3 heteroatoms. The Labute approximate surface area is 202 Å². The van der Waals surface area contributed by atoms with Crippen molar-refractivity contribution in [3.8, 4) is 5.69 Å². The number of rotatable bonds is 5. The lowest BCUT2D eigenvalue weighted by Crippen LogP contribution is -2.37. The molecule has 0 N–H and O–H groups in total. The fourth-order valence-electron chi connectivity index (χ4n) is 5.55. The highest BCUT2D eigenvalue weighted by molar-refractivity contribution is 5.54. The summed E-state index contributed by atoms with van der Waals surface area (Å²) in [5.41, 5.74) is 4.91. The Morgan fingerprint density at radius 3 is 2.03 bits per heavy atom. The van der Waals surface area contributed by atoms with Crippen molar-refractivity contribution in [3.05, 3.63) is 120 Å². The Kier molecular flexibility index (Phi) is 6.89. The van der Waals surface area contributed by atoms with Crippen molar-refractivity contribution < 1.29 is 8.96 Å². The maximum absolute atomic E-state index is 15.7. The van der Waals surface area contributed by atoms with E-state index in [-0.39, 0.29) is 11.7 Å². The van der Waals surface area contributed by atoms with Crippen LogP contribution in [0.4, 0.5) is 4.39 Å². The average molecular weight is 454 g/mol. The molecule has 1 saturated carbocycles. The molecule has 1 heterocycles. The molecule has 0 radical (unpaired) electrons. The van der Waals surface area contributed by atoms with Gasteiger partial charge in [-0.25, -0.2) is 8.96 Å². The molecule has 1 fully saturated rings. The molecule has 0 spiro atoms. The molecule has 2 nitrogen and oxygen atoms in total. The molecule has 5 rings (SSSR count). The summed E-state index contributed by atoms with van der Waals surface area (Å²) < 4.78 is 20.0. The summed E-state index contributed by atoms with van der Waals surface area (Å²) in [4.78, 5) is 0. The molecule has 1 aliphatic carbocycles. The van der Waals surface area contributed by atoms with E-state index in [0.717, 1.165) is 11.1 Å². The van der Waals surface area contributed by atoms with Crippen LogP contribution < -0.4 is 4.57 Å². The summed E-state index contributed by atoms with van der Waals surface area (Å²) in [6, 6.07) is 25.2. The minimum Gasteiger partial charge on any atom is -0.234 e. The summed E-state index contributed by atoms with van der Waals surface area (Å²) in [6.07, 6.45) is 15.2. The van der Waals surface area contributed by atoms with Gasteiger partial charge in [0.1, 0.15) is 18.4 Å². The Morgan fingerprint density at radius 2 is 1.41 bits per heavy atom. The first kappa shape index (κ1) is 22.6. The SMILES string of the molecule is Cc1cc(F)c(-n2cc[n+](C3CCCCCCC3)c2)c(C(c2ccccc2)c2ccccc2)c1. The van der Waals surface area contributed by atoms with Crippen molar-refractivity contribution in [2.45, 2.75) is 63.8 Å². The maximum Gasteiger partial charge on any atom is 0.249 e. The van der Waals surface area contributed by atoms with Crippen LogP contribution in [0.3, 0.4) is 0 Å². The number of aryl methyl sites for hydroxylation is 1. The predicted molar refractivity (Wildman–Crippen MR) is 136 cm³/mol. The van der Waals surface area contributed by atoms with E-state index in [4.69, 9.17) is 0 Å². The molecular formula is C31H34FN2+. The van der Waals surface area contributed by atoms with Crippen molar-refractivity contribution >= 4 is 0 Å². The molecule has 174 valence electrons. The van der Waals surface area contributed by atoms with E-state index in [1.54, 1.807) is 6.07 Å². The lowest BCUT2D eigenvalue weighted by molar-refractivity contribution is -0.724. The van der Waals surface area contributed by atoms with Crippen LogP contribution >= 0.6 is 0 Å². The van der Waals surface area contributed by atoms with Gasteiger partial charge in [0.05, 0.1) is 0 Å². The van der Waals surface area contributed by atoms with Gasteiger partial charge >= 0.3 is 0 Å². The van der Waals surface area contributed by atoms with Crippen LogP contribution in [0.5, 0.6) is 0 Å². The Balaban J connectivity index is 1.62. The van der Waals surface area contributed by atoms with Gasteiger partial charge in [0.2, 0.25) is 6.33 Å². The van der Waals surface area contributed by atoms with Crippen molar-refractivity contribution in [3.63, 3.8) is 0 Å². The number of benzene rings is 3. The van der Waals surface area contributed by atoms with Gasteiger partial charge in [0.15, 0.2) is 11.5 Å². The zero-order valence-electron chi connectivity index (χ0n) is 20.0. The first-order valence-electron chi connectivity index (χ1n) is 12.7. The van der Waals surface area contributed by atoms with Crippen LogP contribution in [0.15, 0.2) is 91.5 Å². The zero-order chi connectivity index (χ0) is 23.3. The van der Waals surface area contributed by atoms with E-state index in [9.17, 15) is 0 Å². The second kappa shape index (κ2) is 10.4. The van der Waals surface area contributed by atoms with Gasteiger partial charge in [-0.2, -0.15) is 4.57 Å². The monoisotopic (exact) mass is 453 g/mol. The minimum atomic E-state index is -0.174. The third-order valence-corrected chi connectivity index (χ3v) is 7.23. The Hall–Kier alpha value is -3.20. The topological polar surface area (TPSA) is 8.81 Å². The predicted octanol–water partition coefficient (Wildman–Crippen LogP) is 7.68. The van der Waals surface area contributed by atoms with E-state index in [1.807, 2.05) is 29.8 Å². The van der Waals surface area contributed by atoms with Crippen LogP contribution in [-0.4, -0.2) is 4.57 Å². The number of aromatic nitrogens is 2. The molecule has 34 heavy (non-hydrogen) atoms. The first-order valence-corrected chi connectivity index (χ1v) is 12.7. The normalized spacial score (nSPS) is 15.3. The molecule has 0 saturated heterocycles. The largest absolute Gasteiger partial charge is 0.249 e. The highest BCUT2D eigenvalue weighted by Gasteiger charge is 2.27. The van der Waals surface area contributed by atoms with Gasteiger partial charge in [-0.3, -0.25) is 0 Å². The van der Waals surface area contributed by atoms with Crippen LogP contribution in [-0.2, 0) is 0 Å². The average Bonchev–Trinajstić information content (AvgIpc) is 3.29. The standard InChI is InChI=1S/C31H34FN2/c1-24-21-28(30(25-13-7-5-8-14-25)26-15-9-6-10-16-26)31(29(32)22-24)34-20-19-33(23-34)27-17-11-3-2-4-12-18-27/h5-10,13-16,19-23,27,30H,2-4,11-12,17-18H2,1H3/q+1. The van der Waals surface area contributed by atoms with Crippen molar-refractivity contribution in [2.75, 3.05) is 0 Å². The highest BCUT2D eigenvalue weighted by atomic mass is 19.1. The Morgan fingerprint density at radius 1 is 0.824 bits per heavy atom. The van der Waals surface area contributed by atoms with Crippen LogP contribution in [0.1, 0.15) is 79.2 Å². The molecule has 0 amide bonds. The Bertz CT molecular complexity index is 1170. The van der Waals surface area contributed by atoms with Crippen molar-refractivity contribution in [1.29, 1.82) is 0 Å². The molecule has 4 aromatic rings. The summed E-state index contributed by atoms with van der Waals surface area (Å²) in [5.74, 6) is -0.226. The third kappa shape index (κ3) is 4.84. The summed E-state index contributed by atoms with van der Waals surface area (Å²) >= 11 is 0. The molecule has 0 unspecified atom stereocenters. The number of hydrogen-bond acceptors (Lipinski definition) is 0. The van der Waals surface area contributed by atoms with E-state index in [1.165, 1.54) is 56.1 Å². The fraction of sp³-hybridized carbons (Fsp3) is 0.323. The maximum atomic E-state index is 15.7. The number of hydrogen-bond donors (Lipinski definition) is 0. The van der Waals surface area contributed by atoms with Gasteiger partial charge in [-0.15, -0.1) is 0 Å². The zero-order valence-corrected chi connectivity index (χ0v) is 20.0. The van der Waals surface area contributed by atoms with Gasteiger partial charge in [-0.05, 0) is 55.4 Å². The van der Waals surface area contributed by atoms with E-state index in [2.05, 4.69) is 71.7 Å². The van der Waals surface area contributed by atoms with Crippen molar-refractivity contribution in [1.82, 2.24) is 4.57 Å². The van der Waals surface area contributed by atoms with Crippen LogP contribution in [0.25, 0.3) is 5.69 Å². The van der Waals surface area contributed by atoms with E-state index in [0.29, 0.717) is 11.7 Å². The summed E-state index contributed by atoms with van der Waals surface area (Å²) in [6.45, 7) is 1.98. The molecule has 0 aliphatic heterocycles. The first-order chi connectivity index (χ1) is 16.7. The lowest BCUT2D eigenvalue weighted by atomic mass is 9.83. The lowest BCUT2D eigenvalue weighted by Gasteiger charge is -2.21. The van der Waals surface area contributed by atoms with Crippen LogP contribution in [0, 0.1) is 12.7 Å².